The van der Waals surface area contributed by atoms with Crippen molar-refractivity contribution in [2.45, 2.75) is 38.1 Å². The summed E-state index contributed by atoms with van der Waals surface area (Å²) in [5.74, 6) is 0.778. The molecule has 2 rings (SSSR count). The van der Waals surface area contributed by atoms with Gasteiger partial charge in [0.15, 0.2) is 0 Å². The van der Waals surface area contributed by atoms with Gasteiger partial charge in [0.2, 0.25) is 5.91 Å². The molecule has 18 heavy (non-hydrogen) atoms. The van der Waals surface area contributed by atoms with Crippen LogP contribution in [0.3, 0.4) is 0 Å². The summed E-state index contributed by atoms with van der Waals surface area (Å²) < 4.78 is 5.48. The number of halogens is 1. The van der Waals surface area contributed by atoms with Crippen molar-refractivity contribution in [2.24, 2.45) is 0 Å². The average Bonchev–Trinajstić information content (AvgIpc) is 2.82. The highest BCUT2D eigenvalue weighted by atomic mass is 35.5. The molecule has 0 aliphatic heterocycles. The summed E-state index contributed by atoms with van der Waals surface area (Å²) in [5, 5.41) is 3.67. The second kappa shape index (κ2) is 6.64. The van der Waals surface area contributed by atoms with E-state index in [1.807, 2.05) is 12.1 Å². The van der Waals surface area contributed by atoms with Crippen LogP contribution in [0.15, 0.2) is 24.3 Å². The van der Waals surface area contributed by atoms with E-state index in [-0.39, 0.29) is 5.91 Å². The summed E-state index contributed by atoms with van der Waals surface area (Å²) in [5.41, 5.74) is 0. The normalized spacial score (nSPS) is 15.6. The summed E-state index contributed by atoms with van der Waals surface area (Å²) >= 11 is 5.84. The van der Waals surface area contributed by atoms with Gasteiger partial charge < -0.3 is 10.1 Å². The molecule has 1 aromatic rings. The van der Waals surface area contributed by atoms with Crippen molar-refractivity contribution < 1.29 is 9.53 Å². The topological polar surface area (TPSA) is 38.3 Å². The molecule has 0 atom stereocenters. The summed E-state index contributed by atoms with van der Waals surface area (Å²) in [6.07, 6.45) is 5.07. The zero-order chi connectivity index (χ0) is 12.8. The zero-order valence-electron chi connectivity index (χ0n) is 10.3. The second-order valence-electron chi connectivity index (χ2n) is 4.60. The van der Waals surface area contributed by atoms with Crippen LogP contribution in [0.4, 0.5) is 0 Å². The van der Waals surface area contributed by atoms with Crippen molar-refractivity contribution in [1.82, 2.24) is 5.32 Å². The molecule has 1 aliphatic rings. The van der Waals surface area contributed by atoms with Crippen LogP contribution in [-0.4, -0.2) is 18.6 Å². The van der Waals surface area contributed by atoms with Gasteiger partial charge in [-0.1, -0.05) is 30.5 Å². The number of nitrogens with one attached hydrogen (secondary N) is 1. The lowest BCUT2D eigenvalue weighted by molar-refractivity contribution is -0.122. The molecule has 0 aromatic heterocycles. The van der Waals surface area contributed by atoms with Crippen LogP contribution in [0.25, 0.3) is 0 Å². The Morgan fingerprint density at radius 1 is 1.39 bits per heavy atom. The smallest absolute Gasteiger partial charge is 0.223 e. The molecule has 1 aliphatic carbocycles. The Bertz CT molecular complexity index is 403. The molecule has 1 saturated carbocycles. The lowest BCUT2D eigenvalue weighted by Crippen LogP contribution is -2.33. The van der Waals surface area contributed by atoms with Crippen LogP contribution < -0.4 is 10.1 Å². The lowest BCUT2D eigenvalue weighted by Gasteiger charge is -2.12. The van der Waals surface area contributed by atoms with Crippen LogP contribution in [0, 0.1) is 0 Å². The van der Waals surface area contributed by atoms with Gasteiger partial charge in [0, 0.05) is 11.1 Å². The van der Waals surface area contributed by atoms with Gasteiger partial charge in [0.05, 0.1) is 13.0 Å². The monoisotopic (exact) mass is 267 g/mol. The molecule has 4 heteroatoms. The van der Waals surface area contributed by atoms with Gasteiger partial charge in [0.1, 0.15) is 5.75 Å². The number of hydrogen-bond acceptors (Lipinski definition) is 2. The predicted octanol–water partition coefficient (Wildman–Crippen LogP) is 3.17. The van der Waals surface area contributed by atoms with Gasteiger partial charge in [-0.05, 0) is 31.0 Å². The number of hydrogen-bond donors (Lipinski definition) is 1. The Labute approximate surface area is 112 Å². The van der Waals surface area contributed by atoms with Gasteiger partial charge in [-0.15, -0.1) is 0 Å². The first-order chi connectivity index (χ1) is 8.74. The molecular weight excluding hydrogens is 250 g/mol. The Morgan fingerprint density at radius 2 is 2.17 bits per heavy atom. The van der Waals surface area contributed by atoms with Crippen molar-refractivity contribution in [3.8, 4) is 5.75 Å². The summed E-state index contributed by atoms with van der Waals surface area (Å²) in [6.45, 7) is 0.388. The zero-order valence-corrected chi connectivity index (χ0v) is 11.1. The molecule has 0 saturated heterocycles. The summed E-state index contributed by atoms with van der Waals surface area (Å²) in [7, 11) is 0. The molecule has 1 N–H and O–H groups in total. The van der Waals surface area contributed by atoms with Gasteiger partial charge in [-0.2, -0.15) is 0 Å². The van der Waals surface area contributed by atoms with Gasteiger partial charge in [0.25, 0.3) is 0 Å². The van der Waals surface area contributed by atoms with E-state index in [9.17, 15) is 4.79 Å². The fourth-order valence-corrected chi connectivity index (χ4v) is 2.37. The number of carbonyl (C=O) groups excluding carboxylic acids is 1. The first-order valence-electron chi connectivity index (χ1n) is 6.42. The van der Waals surface area contributed by atoms with Crippen molar-refractivity contribution in [2.75, 3.05) is 6.61 Å². The third-order valence-corrected chi connectivity index (χ3v) is 3.35. The standard InChI is InChI=1S/C14H18ClNO2/c15-11-4-3-7-13(10-11)18-9-8-14(17)16-12-5-1-2-6-12/h3-4,7,10,12H,1-2,5-6,8-9H2,(H,16,17). The molecule has 0 spiro atoms. The van der Waals surface area contributed by atoms with E-state index in [0.29, 0.717) is 29.8 Å². The van der Waals surface area contributed by atoms with Gasteiger partial charge in [-0.3, -0.25) is 4.79 Å². The molecule has 1 fully saturated rings. The number of benzene rings is 1. The van der Waals surface area contributed by atoms with Crippen molar-refractivity contribution in [3.05, 3.63) is 29.3 Å². The van der Waals surface area contributed by atoms with E-state index in [1.165, 1.54) is 12.8 Å². The largest absolute Gasteiger partial charge is 0.493 e. The maximum Gasteiger partial charge on any atom is 0.223 e. The molecule has 3 nitrogen and oxygen atoms in total. The minimum Gasteiger partial charge on any atom is -0.493 e. The number of carbonyl (C=O) groups is 1. The average molecular weight is 268 g/mol. The minimum atomic E-state index is 0.0731. The fraction of sp³-hybridized carbons (Fsp3) is 0.500. The third kappa shape index (κ3) is 4.22. The summed E-state index contributed by atoms with van der Waals surface area (Å²) in [6, 6.07) is 7.58. The quantitative estimate of drug-likeness (QED) is 0.890. The van der Waals surface area contributed by atoms with Crippen molar-refractivity contribution in [3.63, 3.8) is 0 Å². The van der Waals surface area contributed by atoms with Crippen LogP contribution in [0.5, 0.6) is 5.75 Å². The van der Waals surface area contributed by atoms with E-state index in [2.05, 4.69) is 5.32 Å². The third-order valence-electron chi connectivity index (χ3n) is 3.11. The minimum absolute atomic E-state index is 0.0731. The fourth-order valence-electron chi connectivity index (χ4n) is 2.19. The van der Waals surface area contributed by atoms with E-state index < -0.39 is 0 Å². The molecule has 0 bridgehead atoms. The van der Waals surface area contributed by atoms with Crippen molar-refractivity contribution >= 4 is 17.5 Å². The number of amides is 1. The van der Waals surface area contributed by atoms with Gasteiger partial charge in [-0.25, -0.2) is 0 Å². The number of ether oxygens (including phenoxy) is 1. The molecule has 98 valence electrons. The highest BCUT2D eigenvalue weighted by Gasteiger charge is 2.16. The Morgan fingerprint density at radius 3 is 2.89 bits per heavy atom. The highest BCUT2D eigenvalue weighted by Crippen LogP contribution is 2.18. The van der Waals surface area contributed by atoms with E-state index in [4.69, 9.17) is 16.3 Å². The maximum atomic E-state index is 11.6. The van der Waals surface area contributed by atoms with Gasteiger partial charge >= 0.3 is 0 Å². The predicted molar refractivity (Wildman–Crippen MR) is 72.0 cm³/mol. The first-order valence-corrected chi connectivity index (χ1v) is 6.79. The van der Waals surface area contributed by atoms with Crippen LogP contribution in [-0.2, 0) is 4.79 Å². The lowest BCUT2D eigenvalue weighted by atomic mass is 10.2. The molecule has 0 radical (unpaired) electrons. The Balaban J connectivity index is 1.66. The van der Waals surface area contributed by atoms with Crippen LogP contribution >= 0.6 is 11.6 Å². The van der Waals surface area contributed by atoms with Crippen LogP contribution in [0.1, 0.15) is 32.1 Å². The molecule has 1 amide bonds. The SMILES string of the molecule is O=C(CCOc1cccc(Cl)c1)NC1CCCC1. The second-order valence-corrected chi connectivity index (χ2v) is 5.04. The molecule has 0 heterocycles. The first kappa shape index (κ1) is 13.2. The Kier molecular flexibility index (Phi) is 4.88. The van der Waals surface area contributed by atoms with Crippen molar-refractivity contribution in [1.29, 1.82) is 0 Å². The van der Waals surface area contributed by atoms with E-state index in [1.54, 1.807) is 12.1 Å². The van der Waals surface area contributed by atoms with E-state index >= 15 is 0 Å². The van der Waals surface area contributed by atoms with E-state index in [0.717, 1.165) is 12.8 Å². The highest BCUT2D eigenvalue weighted by molar-refractivity contribution is 6.30. The molecule has 1 aromatic carbocycles. The molecular formula is C14H18ClNO2. The Hall–Kier alpha value is -1.22. The maximum absolute atomic E-state index is 11.6. The summed E-state index contributed by atoms with van der Waals surface area (Å²) in [4.78, 5) is 11.6. The number of rotatable bonds is 5. The van der Waals surface area contributed by atoms with Crippen LogP contribution in [0.2, 0.25) is 5.02 Å². The molecule has 0 unspecified atom stereocenters.